The lowest BCUT2D eigenvalue weighted by Gasteiger charge is -2.41. The summed E-state index contributed by atoms with van der Waals surface area (Å²) in [5.74, 6) is 2.59. The van der Waals surface area contributed by atoms with Crippen molar-refractivity contribution in [2.75, 3.05) is 33.9 Å². The average molecular weight is 313 g/mol. The second-order valence-electron chi connectivity index (χ2n) is 5.64. The molecule has 0 radical (unpaired) electrons. The molecule has 0 spiro atoms. The molecule has 0 aliphatic carbocycles. The minimum absolute atomic E-state index is 0.471. The maximum absolute atomic E-state index is 5.84. The lowest BCUT2D eigenvalue weighted by atomic mass is 9.95. The summed E-state index contributed by atoms with van der Waals surface area (Å²) in [4.78, 5) is 2.44. The van der Waals surface area contributed by atoms with Crippen LogP contribution in [-0.4, -0.2) is 38.8 Å². The Morgan fingerprint density at radius 2 is 1.65 bits per heavy atom. The van der Waals surface area contributed by atoms with Crippen molar-refractivity contribution in [1.82, 2.24) is 4.90 Å². The topological polar surface area (TPSA) is 30.9 Å². The minimum Gasteiger partial charge on any atom is -0.497 e. The maximum atomic E-state index is 5.84. The summed E-state index contributed by atoms with van der Waals surface area (Å²) in [5.41, 5.74) is 1.32. The number of ether oxygens (including phenoxy) is 3. The SMILES string of the molecule is COc1cccc(OCCN2CC[C@H]2c2cccc(OC)c2)c1. The number of likely N-dealkylation sites (tertiary alicyclic amines) is 1. The summed E-state index contributed by atoms with van der Waals surface area (Å²) in [6.45, 7) is 2.70. The first-order chi connectivity index (χ1) is 11.3. The second-order valence-corrected chi connectivity index (χ2v) is 5.64. The van der Waals surface area contributed by atoms with Crippen molar-refractivity contribution in [1.29, 1.82) is 0 Å². The Kier molecular flexibility index (Phi) is 5.03. The van der Waals surface area contributed by atoms with Gasteiger partial charge in [0.25, 0.3) is 0 Å². The molecule has 3 rings (SSSR count). The zero-order valence-corrected chi connectivity index (χ0v) is 13.7. The van der Waals surface area contributed by atoms with E-state index in [9.17, 15) is 0 Å². The summed E-state index contributed by atoms with van der Waals surface area (Å²) in [5, 5.41) is 0. The Labute approximate surface area is 137 Å². The van der Waals surface area contributed by atoms with Gasteiger partial charge in [0.2, 0.25) is 0 Å². The molecule has 1 saturated heterocycles. The minimum atomic E-state index is 0.471. The molecule has 0 N–H and O–H groups in total. The molecule has 1 fully saturated rings. The quantitative estimate of drug-likeness (QED) is 0.782. The van der Waals surface area contributed by atoms with Gasteiger partial charge in [0.05, 0.1) is 14.2 Å². The molecule has 4 nitrogen and oxygen atoms in total. The van der Waals surface area contributed by atoms with Crippen molar-refractivity contribution >= 4 is 0 Å². The number of hydrogen-bond donors (Lipinski definition) is 0. The molecule has 0 amide bonds. The van der Waals surface area contributed by atoms with Crippen molar-refractivity contribution < 1.29 is 14.2 Å². The fourth-order valence-electron chi connectivity index (χ4n) is 2.91. The molecule has 23 heavy (non-hydrogen) atoms. The van der Waals surface area contributed by atoms with Crippen LogP contribution in [0.1, 0.15) is 18.0 Å². The first kappa shape index (κ1) is 15.7. The van der Waals surface area contributed by atoms with Crippen molar-refractivity contribution in [2.24, 2.45) is 0 Å². The van der Waals surface area contributed by atoms with Crippen LogP contribution in [-0.2, 0) is 0 Å². The lowest BCUT2D eigenvalue weighted by Crippen LogP contribution is -2.43. The molecule has 122 valence electrons. The van der Waals surface area contributed by atoms with Crippen LogP contribution in [0.25, 0.3) is 0 Å². The first-order valence-electron chi connectivity index (χ1n) is 7.95. The summed E-state index contributed by atoms with van der Waals surface area (Å²) in [6, 6.07) is 16.5. The van der Waals surface area contributed by atoms with E-state index in [1.165, 1.54) is 12.0 Å². The van der Waals surface area contributed by atoms with E-state index in [-0.39, 0.29) is 0 Å². The molecule has 1 aliphatic rings. The number of benzene rings is 2. The van der Waals surface area contributed by atoms with E-state index in [4.69, 9.17) is 14.2 Å². The van der Waals surface area contributed by atoms with E-state index in [1.54, 1.807) is 14.2 Å². The monoisotopic (exact) mass is 313 g/mol. The van der Waals surface area contributed by atoms with Gasteiger partial charge in [-0.3, -0.25) is 4.90 Å². The Hall–Kier alpha value is -2.20. The van der Waals surface area contributed by atoms with Gasteiger partial charge in [0.15, 0.2) is 0 Å². The predicted octanol–water partition coefficient (Wildman–Crippen LogP) is 3.53. The van der Waals surface area contributed by atoms with Crippen molar-refractivity contribution in [3.05, 3.63) is 54.1 Å². The highest BCUT2D eigenvalue weighted by Crippen LogP contribution is 2.34. The van der Waals surface area contributed by atoms with Crippen LogP contribution < -0.4 is 14.2 Å². The van der Waals surface area contributed by atoms with Crippen LogP contribution in [0.2, 0.25) is 0 Å². The van der Waals surface area contributed by atoms with Gasteiger partial charge < -0.3 is 14.2 Å². The highest BCUT2D eigenvalue weighted by Gasteiger charge is 2.29. The van der Waals surface area contributed by atoms with Gasteiger partial charge in [-0.2, -0.15) is 0 Å². The highest BCUT2D eigenvalue weighted by atomic mass is 16.5. The molecule has 2 aromatic rings. The van der Waals surface area contributed by atoms with E-state index in [0.29, 0.717) is 12.6 Å². The zero-order valence-electron chi connectivity index (χ0n) is 13.7. The largest absolute Gasteiger partial charge is 0.497 e. The van der Waals surface area contributed by atoms with Gasteiger partial charge in [-0.1, -0.05) is 18.2 Å². The lowest BCUT2D eigenvalue weighted by molar-refractivity contribution is 0.0725. The molecular formula is C19H23NO3. The van der Waals surface area contributed by atoms with Crippen LogP contribution in [0, 0.1) is 0 Å². The molecule has 0 bridgehead atoms. The molecule has 1 atom stereocenters. The van der Waals surface area contributed by atoms with Crippen LogP contribution in [0.5, 0.6) is 17.2 Å². The van der Waals surface area contributed by atoms with Gasteiger partial charge in [-0.25, -0.2) is 0 Å². The van der Waals surface area contributed by atoms with Crippen molar-refractivity contribution in [3.8, 4) is 17.2 Å². The van der Waals surface area contributed by atoms with Crippen LogP contribution in [0.3, 0.4) is 0 Å². The molecule has 1 aliphatic heterocycles. The standard InChI is InChI=1S/C19H23NO3/c1-21-16-6-3-5-15(13-16)19-9-10-20(19)11-12-23-18-8-4-7-17(14-18)22-2/h3-8,13-14,19H,9-12H2,1-2H3/t19-/m0/s1. The van der Waals surface area contributed by atoms with Gasteiger partial charge in [-0.15, -0.1) is 0 Å². The van der Waals surface area contributed by atoms with Gasteiger partial charge >= 0.3 is 0 Å². The van der Waals surface area contributed by atoms with Crippen molar-refractivity contribution in [2.45, 2.75) is 12.5 Å². The number of rotatable bonds is 7. The van der Waals surface area contributed by atoms with E-state index in [0.717, 1.165) is 30.3 Å². The van der Waals surface area contributed by atoms with Crippen molar-refractivity contribution in [3.63, 3.8) is 0 Å². The number of methoxy groups -OCH3 is 2. The van der Waals surface area contributed by atoms with Crippen LogP contribution >= 0.6 is 0 Å². The first-order valence-corrected chi connectivity index (χ1v) is 7.95. The summed E-state index contributed by atoms with van der Waals surface area (Å²) in [7, 11) is 3.37. The summed E-state index contributed by atoms with van der Waals surface area (Å²) < 4.78 is 16.4. The average Bonchev–Trinajstić information content (AvgIpc) is 2.58. The summed E-state index contributed by atoms with van der Waals surface area (Å²) >= 11 is 0. The van der Waals surface area contributed by atoms with Gasteiger partial charge in [-0.05, 0) is 36.2 Å². The Balaban J connectivity index is 1.52. The highest BCUT2D eigenvalue weighted by molar-refractivity contribution is 5.33. The summed E-state index contributed by atoms with van der Waals surface area (Å²) in [6.07, 6.45) is 1.19. The molecule has 0 saturated carbocycles. The zero-order chi connectivity index (χ0) is 16.1. The van der Waals surface area contributed by atoms with E-state index < -0.39 is 0 Å². The maximum Gasteiger partial charge on any atom is 0.123 e. The van der Waals surface area contributed by atoms with E-state index in [2.05, 4.69) is 23.1 Å². The van der Waals surface area contributed by atoms with Crippen LogP contribution in [0.4, 0.5) is 0 Å². The molecule has 0 aromatic heterocycles. The van der Waals surface area contributed by atoms with E-state index in [1.807, 2.05) is 30.3 Å². The Morgan fingerprint density at radius 1 is 0.957 bits per heavy atom. The Morgan fingerprint density at radius 3 is 2.35 bits per heavy atom. The fourth-order valence-corrected chi connectivity index (χ4v) is 2.91. The molecule has 4 heteroatoms. The van der Waals surface area contributed by atoms with E-state index >= 15 is 0 Å². The van der Waals surface area contributed by atoms with Gasteiger partial charge in [0, 0.05) is 25.2 Å². The molecule has 2 aromatic carbocycles. The smallest absolute Gasteiger partial charge is 0.123 e. The second kappa shape index (κ2) is 7.38. The van der Waals surface area contributed by atoms with Crippen LogP contribution in [0.15, 0.2) is 48.5 Å². The third kappa shape index (κ3) is 3.77. The molecule has 0 unspecified atom stereocenters. The third-order valence-electron chi connectivity index (χ3n) is 4.30. The number of nitrogens with zero attached hydrogens (tertiary/aromatic N) is 1. The number of hydrogen-bond acceptors (Lipinski definition) is 4. The third-order valence-corrected chi connectivity index (χ3v) is 4.30. The normalized spacial score (nSPS) is 17.4. The Bertz CT molecular complexity index is 644. The predicted molar refractivity (Wildman–Crippen MR) is 90.4 cm³/mol. The molecular weight excluding hydrogens is 290 g/mol. The fraction of sp³-hybridized carbons (Fsp3) is 0.368. The van der Waals surface area contributed by atoms with Gasteiger partial charge in [0.1, 0.15) is 23.9 Å². The molecule has 1 heterocycles.